The van der Waals surface area contributed by atoms with E-state index in [0.29, 0.717) is 6.04 Å². The zero-order valence-electron chi connectivity index (χ0n) is 21.7. The Hall–Kier alpha value is -3.29. The van der Waals surface area contributed by atoms with E-state index in [-0.39, 0.29) is 0 Å². The molecular weight excluding hydrogens is 446 g/mol. The highest BCUT2D eigenvalue weighted by molar-refractivity contribution is 5.67. The second kappa shape index (κ2) is 11.2. The lowest BCUT2D eigenvalue weighted by Crippen LogP contribution is -2.31. The summed E-state index contributed by atoms with van der Waals surface area (Å²) in [4.78, 5) is 18.5. The molecule has 1 N–H and O–H groups in total. The van der Waals surface area contributed by atoms with Crippen LogP contribution in [0.2, 0.25) is 0 Å². The summed E-state index contributed by atoms with van der Waals surface area (Å²) in [6.07, 6.45) is 12.2. The topological polar surface area (TPSA) is 61.6 Å². The molecule has 36 heavy (non-hydrogen) atoms. The first-order chi connectivity index (χ1) is 17.6. The quantitative estimate of drug-likeness (QED) is 0.459. The lowest BCUT2D eigenvalue weighted by atomic mass is 9.96. The van der Waals surface area contributed by atoms with Gasteiger partial charge in [0, 0.05) is 55.5 Å². The number of pyridine rings is 3. The van der Waals surface area contributed by atoms with Crippen molar-refractivity contribution >= 4 is 11.5 Å². The minimum absolute atomic E-state index is 0.609. The van der Waals surface area contributed by atoms with E-state index in [2.05, 4.69) is 63.0 Å². The first-order valence-electron chi connectivity index (χ1n) is 13.0. The van der Waals surface area contributed by atoms with Crippen molar-refractivity contribution in [3.8, 4) is 11.3 Å². The van der Waals surface area contributed by atoms with Crippen LogP contribution >= 0.6 is 0 Å². The molecule has 0 aromatic carbocycles. The predicted octanol–water partition coefficient (Wildman–Crippen LogP) is 4.22. The fourth-order valence-corrected chi connectivity index (χ4v) is 5.26. The van der Waals surface area contributed by atoms with Gasteiger partial charge in [0.2, 0.25) is 0 Å². The van der Waals surface area contributed by atoms with E-state index in [1.807, 2.05) is 43.7 Å². The third-order valence-corrected chi connectivity index (χ3v) is 7.28. The van der Waals surface area contributed by atoms with Crippen LogP contribution in [0.3, 0.4) is 0 Å². The molecular formula is C29H37N7. The summed E-state index contributed by atoms with van der Waals surface area (Å²) in [7, 11) is 6.25. The number of likely N-dealkylation sites (N-methyl/N-ethyl adjacent to an activating group) is 1. The molecule has 7 nitrogen and oxygen atoms in total. The molecule has 188 valence electrons. The Labute approximate surface area is 214 Å². The lowest BCUT2D eigenvalue weighted by molar-refractivity contribution is 0.315. The highest BCUT2D eigenvalue weighted by Crippen LogP contribution is 2.27. The molecule has 1 atom stereocenters. The van der Waals surface area contributed by atoms with Crippen molar-refractivity contribution in [1.29, 1.82) is 0 Å². The number of aromatic nitrogens is 4. The van der Waals surface area contributed by atoms with E-state index in [0.717, 1.165) is 48.1 Å². The van der Waals surface area contributed by atoms with Crippen molar-refractivity contribution in [2.45, 2.75) is 44.7 Å². The summed E-state index contributed by atoms with van der Waals surface area (Å²) in [6, 6.07) is 15.2. The number of aryl methyl sites for hydroxylation is 2. The van der Waals surface area contributed by atoms with Crippen LogP contribution in [0.5, 0.6) is 0 Å². The normalized spacial score (nSPS) is 17.2. The minimum atomic E-state index is 0.609. The molecule has 1 aliphatic carbocycles. The number of hydrogen-bond acceptors (Lipinski definition) is 6. The SMILES string of the molecule is CNCc1nc2ccccn2c1-c1ccc(N2CCC(N(C)C)C2)nc1.c1cnc2c(c1)CCCC2. The first kappa shape index (κ1) is 24.4. The number of anilines is 1. The van der Waals surface area contributed by atoms with E-state index in [1.54, 1.807) is 0 Å². The largest absolute Gasteiger partial charge is 0.355 e. The maximum atomic E-state index is 4.76. The van der Waals surface area contributed by atoms with Gasteiger partial charge < -0.3 is 15.1 Å². The van der Waals surface area contributed by atoms with Crippen LogP contribution in [-0.4, -0.2) is 64.5 Å². The van der Waals surface area contributed by atoms with Crippen LogP contribution in [0, 0.1) is 0 Å². The molecule has 0 radical (unpaired) electrons. The van der Waals surface area contributed by atoms with E-state index in [1.165, 1.54) is 43.4 Å². The molecule has 1 aliphatic heterocycles. The van der Waals surface area contributed by atoms with Crippen LogP contribution in [0.4, 0.5) is 5.82 Å². The van der Waals surface area contributed by atoms with Gasteiger partial charge in [-0.05, 0) is 89.1 Å². The van der Waals surface area contributed by atoms with E-state index in [9.17, 15) is 0 Å². The van der Waals surface area contributed by atoms with Crippen LogP contribution in [0.1, 0.15) is 36.2 Å². The molecule has 4 aromatic heterocycles. The summed E-state index contributed by atoms with van der Waals surface area (Å²) in [5, 5.41) is 3.22. The molecule has 1 fully saturated rings. The van der Waals surface area contributed by atoms with Crippen molar-refractivity contribution in [2.24, 2.45) is 0 Å². The second-order valence-electron chi connectivity index (χ2n) is 9.94. The Morgan fingerprint density at radius 3 is 2.67 bits per heavy atom. The van der Waals surface area contributed by atoms with E-state index >= 15 is 0 Å². The smallest absolute Gasteiger partial charge is 0.137 e. The molecule has 4 aromatic rings. The highest BCUT2D eigenvalue weighted by Gasteiger charge is 2.25. The third kappa shape index (κ3) is 5.27. The summed E-state index contributed by atoms with van der Waals surface area (Å²) in [5.41, 5.74) is 7.01. The summed E-state index contributed by atoms with van der Waals surface area (Å²) >= 11 is 0. The zero-order chi connectivity index (χ0) is 24.9. The zero-order valence-corrected chi connectivity index (χ0v) is 21.7. The Bertz CT molecular complexity index is 1250. The van der Waals surface area contributed by atoms with Gasteiger partial charge in [0.1, 0.15) is 11.5 Å². The van der Waals surface area contributed by atoms with Gasteiger partial charge in [-0.15, -0.1) is 0 Å². The van der Waals surface area contributed by atoms with Gasteiger partial charge in [-0.3, -0.25) is 9.38 Å². The predicted molar refractivity (Wildman–Crippen MR) is 146 cm³/mol. The molecule has 2 aliphatic rings. The van der Waals surface area contributed by atoms with Gasteiger partial charge in [-0.2, -0.15) is 0 Å². The average Bonchev–Trinajstić information content (AvgIpc) is 3.55. The molecule has 0 spiro atoms. The fraction of sp³-hybridized carbons (Fsp3) is 0.414. The maximum Gasteiger partial charge on any atom is 0.137 e. The molecule has 7 heteroatoms. The maximum absolute atomic E-state index is 4.76. The lowest BCUT2D eigenvalue weighted by Gasteiger charge is -2.21. The standard InChI is InChI=1S/C20H26N6.C9H11N/c1-21-13-17-20(26-10-5-4-6-19(26)23-17)15-7-8-18(22-12-15)25-11-9-16(14-25)24(2)3;1-2-6-9-8(4-1)5-3-7-10-9/h4-8,10,12,16,21H,9,11,13-14H2,1-3H3;3,5,7H,1-2,4,6H2. The van der Waals surface area contributed by atoms with Gasteiger partial charge in [0.25, 0.3) is 0 Å². The van der Waals surface area contributed by atoms with Crippen molar-refractivity contribution < 1.29 is 0 Å². The van der Waals surface area contributed by atoms with Crippen LogP contribution in [-0.2, 0) is 19.4 Å². The van der Waals surface area contributed by atoms with E-state index in [4.69, 9.17) is 9.97 Å². The molecule has 5 heterocycles. The number of hydrogen-bond donors (Lipinski definition) is 1. The van der Waals surface area contributed by atoms with Gasteiger partial charge in [0.15, 0.2) is 0 Å². The van der Waals surface area contributed by atoms with Gasteiger partial charge >= 0.3 is 0 Å². The Balaban J connectivity index is 0.000000222. The van der Waals surface area contributed by atoms with Gasteiger partial charge in [-0.25, -0.2) is 9.97 Å². The monoisotopic (exact) mass is 483 g/mol. The highest BCUT2D eigenvalue weighted by atomic mass is 15.3. The Kier molecular flexibility index (Phi) is 7.58. The number of imidazole rings is 1. The summed E-state index contributed by atoms with van der Waals surface area (Å²) in [5.74, 6) is 1.06. The molecule has 1 unspecified atom stereocenters. The molecule has 1 saturated heterocycles. The second-order valence-corrected chi connectivity index (χ2v) is 9.94. The Morgan fingerprint density at radius 1 is 1.03 bits per heavy atom. The molecule has 0 amide bonds. The summed E-state index contributed by atoms with van der Waals surface area (Å²) in [6.45, 7) is 2.84. The number of rotatable bonds is 5. The van der Waals surface area contributed by atoms with Crippen molar-refractivity contribution in [3.05, 3.63) is 78.0 Å². The van der Waals surface area contributed by atoms with Crippen LogP contribution < -0.4 is 10.2 Å². The van der Waals surface area contributed by atoms with Crippen molar-refractivity contribution in [2.75, 3.05) is 39.1 Å². The van der Waals surface area contributed by atoms with Gasteiger partial charge in [0.05, 0.1) is 11.4 Å². The van der Waals surface area contributed by atoms with E-state index < -0.39 is 0 Å². The van der Waals surface area contributed by atoms with Crippen LogP contribution in [0.15, 0.2) is 61.1 Å². The van der Waals surface area contributed by atoms with Crippen molar-refractivity contribution in [1.82, 2.24) is 29.6 Å². The van der Waals surface area contributed by atoms with Gasteiger partial charge in [-0.1, -0.05) is 12.1 Å². The summed E-state index contributed by atoms with van der Waals surface area (Å²) < 4.78 is 2.14. The first-order valence-corrected chi connectivity index (χ1v) is 13.0. The molecule has 6 rings (SSSR count). The van der Waals surface area contributed by atoms with Crippen molar-refractivity contribution in [3.63, 3.8) is 0 Å². The molecule has 0 saturated carbocycles. The molecule has 0 bridgehead atoms. The number of nitrogens with one attached hydrogen (secondary N) is 1. The fourth-order valence-electron chi connectivity index (χ4n) is 5.26. The van der Waals surface area contributed by atoms with Crippen LogP contribution in [0.25, 0.3) is 16.9 Å². The Morgan fingerprint density at radius 2 is 1.92 bits per heavy atom. The average molecular weight is 484 g/mol. The minimum Gasteiger partial charge on any atom is -0.355 e. The number of fused-ring (bicyclic) bond motifs is 2. The number of nitrogens with zero attached hydrogens (tertiary/aromatic N) is 6. The third-order valence-electron chi connectivity index (χ3n) is 7.28.